The molecule has 5 aromatic rings. The maximum absolute atomic E-state index is 14.1. The number of rotatable bonds is 3. The van der Waals surface area contributed by atoms with Crippen LogP contribution in [-0.4, -0.2) is 14.8 Å². The summed E-state index contributed by atoms with van der Waals surface area (Å²) in [5.41, 5.74) is 6.89. The third-order valence-electron chi connectivity index (χ3n) is 5.38. The predicted molar refractivity (Wildman–Crippen MR) is 116 cm³/mol. The Bertz CT molecular complexity index is 1330. The molecule has 0 aliphatic carbocycles. The molecule has 2 aromatic heterocycles. The first kappa shape index (κ1) is 17.6. The van der Waals surface area contributed by atoms with E-state index in [0.29, 0.717) is 0 Å². The van der Waals surface area contributed by atoms with E-state index in [0.717, 1.165) is 45.2 Å². The van der Waals surface area contributed by atoms with Gasteiger partial charge >= 0.3 is 0 Å². The molecule has 0 spiro atoms. The fraction of sp³-hybridized carbons (Fsp3) is 0.120. The van der Waals surface area contributed by atoms with Crippen LogP contribution in [0.5, 0.6) is 0 Å². The fourth-order valence-corrected chi connectivity index (χ4v) is 3.74. The smallest absolute Gasteiger partial charge is 0.124 e. The third kappa shape index (κ3) is 2.97. The Morgan fingerprint density at radius 3 is 2.38 bits per heavy atom. The first-order chi connectivity index (χ1) is 14.1. The van der Waals surface area contributed by atoms with Gasteiger partial charge < -0.3 is 0 Å². The Labute approximate surface area is 168 Å². The highest BCUT2D eigenvalue weighted by molar-refractivity contribution is 6.08. The molecule has 0 radical (unpaired) electrons. The summed E-state index contributed by atoms with van der Waals surface area (Å²) >= 11 is 0. The molecule has 0 atom stereocenters. The van der Waals surface area contributed by atoms with Crippen LogP contribution in [0.3, 0.4) is 0 Å². The van der Waals surface area contributed by atoms with Crippen LogP contribution in [0.4, 0.5) is 4.39 Å². The normalized spacial score (nSPS) is 11.4. The molecule has 0 N–H and O–H groups in total. The fourth-order valence-electron chi connectivity index (χ4n) is 3.74. The summed E-state index contributed by atoms with van der Waals surface area (Å²) in [6, 6.07) is 21.3. The van der Waals surface area contributed by atoms with Crippen molar-refractivity contribution in [1.82, 2.24) is 14.8 Å². The van der Waals surface area contributed by atoms with Gasteiger partial charge in [-0.1, -0.05) is 48.9 Å². The third-order valence-corrected chi connectivity index (χ3v) is 5.38. The molecule has 0 aliphatic rings. The van der Waals surface area contributed by atoms with Crippen molar-refractivity contribution in [2.45, 2.75) is 20.3 Å². The van der Waals surface area contributed by atoms with Gasteiger partial charge in [0.2, 0.25) is 0 Å². The number of fused-ring (bicyclic) bond motifs is 3. The summed E-state index contributed by atoms with van der Waals surface area (Å²) in [4.78, 5) is 4.57. The second kappa shape index (κ2) is 6.82. The molecule has 0 unspecified atom stereocenters. The zero-order chi connectivity index (χ0) is 20.0. The first-order valence-corrected chi connectivity index (χ1v) is 9.77. The van der Waals surface area contributed by atoms with Crippen molar-refractivity contribution in [2.24, 2.45) is 0 Å². The molecular weight excluding hydrogens is 361 g/mol. The minimum atomic E-state index is -0.280. The van der Waals surface area contributed by atoms with Crippen molar-refractivity contribution in [3.05, 3.63) is 89.9 Å². The monoisotopic (exact) mass is 381 g/mol. The highest BCUT2D eigenvalue weighted by Gasteiger charge is 2.17. The number of nitrogens with zero attached hydrogens (tertiary/aromatic N) is 3. The van der Waals surface area contributed by atoms with Crippen molar-refractivity contribution < 1.29 is 4.39 Å². The Balaban J connectivity index is 1.86. The van der Waals surface area contributed by atoms with E-state index in [1.54, 1.807) is 12.1 Å². The molecule has 0 fully saturated rings. The van der Waals surface area contributed by atoms with E-state index >= 15 is 0 Å². The molecule has 0 saturated carbocycles. The average Bonchev–Trinajstić information content (AvgIpc) is 3.14. The van der Waals surface area contributed by atoms with E-state index in [9.17, 15) is 4.39 Å². The van der Waals surface area contributed by atoms with Crippen LogP contribution in [0.2, 0.25) is 0 Å². The molecule has 2 heterocycles. The van der Waals surface area contributed by atoms with Gasteiger partial charge in [0.05, 0.1) is 16.7 Å². The van der Waals surface area contributed by atoms with Crippen LogP contribution in [0.25, 0.3) is 38.8 Å². The molecule has 5 rings (SSSR count). The maximum Gasteiger partial charge on any atom is 0.124 e. The number of hydrogen-bond acceptors (Lipinski definition) is 2. The number of benzene rings is 3. The molecule has 142 valence electrons. The molecule has 0 aliphatic heterocycles. The predicted octanol–water partition coefficient (Wildman–Crippen LogP) is 6.25. The lowest BCUT2D eigenvalue weighted by atomic mass is 10.0. The largest absolute Gasteiger partial charge is 0.255 e. The van der Waals surface area contributed by atoms with Gasteiger partial charge in [-0.3, -0.25) is 4.98 Å². The lowest BCUT2D eigenvalue weighted by Gasteiger charge is -2.06. The summed E-state index contributed by atoms with van der Waals surface area (Å²) in [5, 5.41) is 6.62. The van der Waals surface area contributed by atoms with Crippen molar-refractivity contribution in [2.75, 3.05) is 0 Å². The highest BCUT2D eigenvalue weighted by atomic mass is 19.1. The summed E-state index contributed by atoms with van der Waals surface area (Å²) in [6.07, 6.45) is 2.83. The quantitative estimate of drug-likeness (QED) is 0.370. The first-order valence-electron chi connectivity index (χ1n) is 9.77. The Morgan fingerprint density at radius 1 is 0.897 bits per heavy atom. The van der Waals surface area contributed by atoms with E-state index in [1.807, 2.05) is 23.0 Å². The van der Waals surface area contributed by atoms with Gasteiger partial charge in [0.15, 0.2) is 0 Å². The lowest BCUT2D eigenvalue weighted by Crippen LogP contribution is -1.97. The van der Waals surface area contributed by atoms with Crippen LogP contribution >= 0.6 is 0 Å². The SMILES string of the molecule is CCc1ccc(-c2nn(-c3ccc(C)cc3)c3c2cnc2ccc(F)cc23)cc1. The van der Waals surface area contributed by atoms with Crippen LogP contribution < -0.4 is 0 Å². The van der Waals surface area contributed by atoms with Gasteiger partial charge in [-0.2, -0.15) is 5.10 Å². The summed E-state index contributed by atoms with van der Waals surface area (Å²) in [6.45, 7) is 4.20. The molecule has 0 bridgehead atoms. The zero-order valence-corrected chi connectivity index (χ0v) is 16.4. The van der Waals surface area contributed by atoms with Crippen LogP contribution in [0.1, 0.15) is 18.1 Å². The minimum Gasteiger partial charge on any atom is -0.255 e. The van der Waals surface area contributed by atoms with Gasteiger partial charge in [-0.15, -0.1) is 0 Å². The van der Waals surface area contributed by atoms with E-state index in [2.05, 4.69) is 55.2 Å². The minimum absolute atomic E-state index is 0.280. The Hall–Kier alpha value is -3.53. The summed E-state index contributed by atoms with van der Waals surface area (Å²) in [5.74, 6) is -0.280. The molecule has 0 saturated heterocycles. The van der Waals surface area contributed by atoms with Crippen molar-refractivity contribution in [3.63, 3.8) is 0 Å². The average molecular weight is 381 g/mol. The molecule has 3 nitrogen and oxygen atoms in total. The van der Waals surface area contributed by atoms with Crippen molar-refractivity contribution >= 4 is 21.8 Å². The van der Waals surface area contributed by atoms with Crippen molar-refractivity contribution in [3.8, 4) is 16.9 Å². The van der Waals surface area contributed by atoms with Crippen LogP contribution in [-0.2, 0) is 6.42 Å². The summed E-state index contributed by atoms with van der Waals surface area (Å²) in [7, 11) is 0. The van der Waals surface area contributed by atoms with Gasteiger partial charge in [-0.05, 0) is 49.2 Å². The molecule has 29 heavy (non-hydrogen) atoms. The molecular formula is C25H20FN3. The van der Waals surface area contributed by atoms with Crippen LogP contribution in [0, 0.1) is 12.7 Å². The number of aryl methyl sites for hydroxylation is 2. The van der Waals surface area contributed by atoms with E-state index in [-0.39, 0.29) is 5.82 Å². The Morgan fingerprint density at radius 2 is 1.66 bits per heavy atom. The van der Waals surface area contributed by atoms with Crippen LogP contribution in [0.15, 0.2) is 72.9 Å². The van der Waals surface area contributed by atoms with Crippen molar-refractivity contribution in [1.29, 1.82) is 0 Å². The number of aromatic nitrogens is 3. The topological polar surface area (TPSA) is 30.7 Å². The summed E-state index contributed by atoms with van der Waals surface area (Å²) < 4.78 is 16.0. The standard InChI is InChI=1S/C25H20FN3/c1-3-17-6-8-18(9-7-17)24-22-15-27-23-13-10-19(26)14-21(23)25(22)29(28-24)20-11-4-16(2)5-12-20/h4-15H,3H2,1-2H3. The van der Waals surface area contributed by atoms with Gasteiger partial charge in [0.1, 0.15) is 11.5 Å². The zero-order valence-electron chi connectivity index (χ0n) is 16.4. The number of halogens is 1. The van der Waals surface area contributed by atoms with Gasteiger partial charge in [-0.25, -0.2) is 9.07 Å². The second-order valence-electron chi connectivity index (χ2n) is 7.33. The molecule has 4 heteroatoms. The van der Waals surface area contributed by atoms with E-state index in [4.69, 9.17) is 5.10 Å². The van der Waals surface area contributed by atoms with E-state index in [1.165, 1.54) is 17.2 Å². The molecule has 0 amide bonds. The van der Waals surface area contributed by atoms with Gasteiger partial charge in [0.25, 0.3) is 0 Å². The highest BCUT2D eigenvalue weighted by Crippen LogP contribution is 2.34. The lowest BCUT2D eigenvalue weighted by molar-refractivity contribution is 0.629. The number of hydrogen-bond donors (Lipinski definition) is 0. The van der Waals surface area contributed by atoms with Gasteiger partial charge in [0, 0.05) is 22.5 Å². The van der Waals surface area contributed by atoms with E-state index < -0.39 is 0 Å². The number of pyridine rings is 1. The Kier molecular flexibility index (Phi) is 4.13. The maximum atomic E-state index is 14.1. The molecule has 3 aromatic carbocycles. The second-order valence-corrected chi connectivity index (χ2v) is 7.33.